The van der Waals surface area contributed by atoms with Gasteiger partial charge in [-0.05, 0) is 119 Å². The number of benzene rings is 4. The minimum atomic E-state index is -1.00. The fourth-order valence-corrected chi connectivity index (χ4v) is 5.19. The van der Waals surface area contributed by atoms with E-state index in [4.69, 9.17) is 15.8 Å². The quantitative estimate of drug-likeness (QED) is 0.0981. The zero-order valence-electron chi connectivity index (χ0n) is 26.3. The van der Waals surface area contributed by atoms with Crippen molar-refractivity contribution >= 4 is 60.3 Å². The van der Waals surface area contributed by atoms with Gasteiger partial charge in [0.15, 0.2) is 0 Å². The van der Waals surface area contributed by atoms with Gasteiger partial charge in [0.1, 0.15) is 34.4 Å². The van der Waals surface area contributed by atoms with Gasteiger partial charge in [0.25, 0.3) is 6.47 Å². The van der Waals surface area contributed by atoms with Gasteiger partial charge in [0.05, 0.1) is 17.5 Å². The van der Waals surface area contributed by atoms with E-state index in [1.54, 1.807) is 25.1 Å². The third-order valence-electron chi connectivity index (χ3n) is 5.88. The normalized spacial score (nSPS) is 9.98. The number of phenols is 1. The molecular formula is C30H26Br2F4K2O5. The summed E-state index contributed by atoms with van der Waals surface area (Å²) in [5, 5.41) is 20.4. The molecule has 0 bridgehead atoms. The van der Waals surface area contributed by atoms with Crippen molar-refractivity contribution in [3.05, 3.63) is 97.2 Å². The monoisotopic (exact) mass is 779 g/mol. The van der Waals surface area contributed by atoms with E-state index in [0.717, 1.165) is 32.0 Å². The molecule has 43 heavy (non-hydrogen) atoms. The van der Waals surface area contributed by atoms with Crippen LogP contribution in [-0.2, 0) is 9.68 Å². The first-order valence-electron chi connectivity index (χ1n) is 12.3. The third-order valence-corrected chi connectivity index (χ3v) is 7.07. The van der Waals surface area contributed by atoms with Crippen molar-refractivity contribution in [1.29, 1.82) is 0 Å². The fraction of sp³-hybridized carbons (Fsp3) is 0.167. The van der Waals surface area contributed by atoms with Crippen LogP contribution in [0.2, 0.25) is 0 Å². The van der Waals surface area contributed by atoms with Crippen LogP contribution in [0.5, 0.6) is 5.75 Å². The number of carbonyl (C=O) groups is 1. The number of hydrogen-bond donors (Lipinski definition) is 1. The smallest absolute Gasteiger partial charge is 1.00 e. The minimum Gasteiger partial charge on any atom is -1.00 e. The molecule has 1 N–H and O–H groups in total. The second-order valence-corrected chi connectivity index (χ2v) is 10.4. The Morgan fingerprint density at radius 2 is 1.37 bits per heavy atom. The number of aromatic hydroxyl groups is 1. The molecule has 0 amide bonds. The molecule has 0 saturated carbocycles. The second-order valence-electron chi connectivity index (χ2n) is 8.64. The van der Waals surface area contributed by atoms with E-state index in [0.29, 0.717) is 21.2 Å². The Morgan fingerprint density at radius 3 is 1.95 bits per heavy atom. The number of aryl methyl sites for hydroxylation is 3. The molecule has 0 aliphatic rings. The largest absolute Gasteiger partial charge is 1.00 e. The average Bonchev–Trinajstić information content (AvgIpc) is 3.32. The first-order valence-corrected chi connectivity index (χ1v) is 13.2. The molecule has 5 nitrogen and oxygen atoms in total. The molecule has 13 heteroatoms. The van der Waals surface area contributed by atoms with Crippen molar-refractivity contribution in [2.45, 2.75) is 27.7 Å². The summed E-state index contributed by atoms with van der Waals surface area (Å²) in [6.45, 7) is 6.79. The molecule has 0 saturated heterocycles. The molecule has 0 radical (unpaired) electrons. The van der Waals surface area contributed by atoms with E-state index < -0.39 is 18.8 Å². The van der Waals surface area contributed by atoms with Gasteiger partial charge >= 0.3 is 103 Å². The van der Waals surface area contributed by atoms with E-state index in [9.17, 15) is 22.7 Å². The summed E-state index contributed by atoms with van der Waals surface area (Å²) < 4.78 is 63.4. The van der Waals surface area contributed by atoms with E-state index in [-0.39, 0.29) is 133 Å². The second kappa shape index (κ2) is 20.2. The predicted molar refractivity (Wildman–Crippen MR) is 157 cm³/mol. The number of rotatable bonds is 2. The van der Waals surface area contributed by atoms with E-state index in [2.05, 4.69) is 42.8 Å². The number of hydrogen-bond acceptors (Lipinski definition) is 5. The summed E-state index contributed by atoms with van der Waals surface area (Å²) >= 11 is 6.69. The maximum absolute atomic E-state index is 14.0. The van der Waals surface area contributed by atoms with Crippen LogP contribution in [0.4, 0.5) is 17.6 Å². The summed E-state index contributed by atoms with van der Waals surface area (Å²) in [4.78, 5) is 11.2. The van der Waals surface area contributed by atoms with Crippen LogP contribution < -0.4 is 108 Å². The Hall–Kier alpha value is -0.137. The average molecular weight is 782 g/mol. The van der Waals surface area contributed by atoms with Crippen LogP contribution in [0.1, 0.15) is 25.1 Å². The van der Waals surface area contributed by atoms with E-state index in [1.165, 1.54) is 25.1 Å². The van der Waals surface area contributed by atoms with Crippen molar-refractivity contribution in [1.82, 2.24) is 0 Å². The standard InChI is InChI=1S/C14H11BrF2O.C14H10BrFO.CH3F.CH2O3.2K.H/c1-7-5-10(14(18)11(15)6-7)9-3-4-12(16)8(2)13(9)17;1-7-5-10-9-3-4-12(16)8(2)13(9)17-14(10)11(15)6-7;1-2;2-1-4-3;;;/h3-6,18H,1-2H3;3-6H,1-2H3;1H3;1,3H;;;/q;;;;2*+1;-1/p-1/i;;1D;;;;. The molecule has 0 unspecified atom stereocenters. The number of carbonyl (C=O) groups excluding carboxylic acids is 1. The molecule has 5 rings (SSSR count). The number of fused-ring (bicyclic) bond motifs is 3. The molecule has 0 aliphatic heterocycles. The van der Waals surface area contributed by atoms with Gasteiger partial charge in [-0.2, -0.15) is 0 Å². The summed E-state index contributed by atoms with van der Waals surface area (Å²) in [6.07, 6.45) is 0. The molecule has 4 aromatic carbocycles. The Balaban J connectivity index is 0. The van der Waals surface area contributed by atoms with Crippen molar-refractivity contribution in [3.63, 3.8) is 0 Å². The van der Waals surface area contributed by atoms with Crippen molar-refractivity contribution < 1.29 is 148 Å². The van der Waals surface area contributed by atoms with Crippen molar-refractivity contribution in [2.24, 2.45) is 0 Å². The maximum atomic E-state index is 14.0. The molecule has 220 valence electrons. The first-order chi connectivity index (χ1) is 19.8. The molecular weight excluding hydrogens is 754 g/mol. The third kappa shape index (κ3) is 10.7. The molecule has 0 fully saturated rings. The summed E-state index contributed by atoms with van der Waals surface area (Å²) in [7, 11) is -1.00. The number of alkyl halides is 1. The SMILES string of the molecule is Cc1cc(Br)c(O)c(-c2ccc(F)c(C)c2F)c1.Cc1cc(Br)c2oc3c(C)c(F)ccc3c2c1.O=CO[O-].[2H]CF.[H-].[K+].[K+]. The van der Waals surface area contributed by atoms with Crippen LogP contribution in [0, 0.1) is 45.1 Å². The topological polar surface area (TPSA) is 82.7 Å². The van der Waals surface area contributed by atoms with Gasteiger partial charge in [0, 0.05) is 33.0 Å². The Morgan fingerprint density at radius 1 is 0.860 bits per heavy atom. The predicted octanol–water partition coefficient (Wildman–Crippen LogP) is 2.96. The number of halogens is 6. The molecule has 5 aromatic rings. The van der Waals surface area contributed by atoms with Crippen LogP contribution in [0.25, 0.3) is 33.1 Å². The van der Waals surface area contributed by atoms with Gasteiger partial charge in [-0.25, -0.2) is 13.2 Å². The maximum Gasteiger partial charge on any atom is 1.00 e. The van der Waals surface area contributed by atoms with Gasteiger partial charge in [0.2, 0.25) is 0 Å². The molecule has 0 spiro atoms. The van der Waals surface area contributed by atoms with Crippen molar-refractivity contribution in [3.8, 4) is 16.9 Å². The molecule has 1 heterocycles. The molecule has 1 aromatic heterocycles. The van der Waals surface area contributed by atoms with Gasteiger partial charge in [-0.1, -0.05) is 0 Å². The van der Waals surface area contributed by atoms with Crippen molar-refractivity contribution in [2.75, 3.05) is 7.15 Å². The zero-order chi connectivity index (χ0) is 31.7. The van der Waals surface area contributed by atoms with Gasteiger partial charge < -0.3 is 21.1 Å². The first kappa shape index (κ1) is 40.9. The zero-order valence-corrected chi connectivity index (χ0v) is 33.7. The molecule has 0 aliphatic carbocycles. The van der Waals surface area contributed by atoms with Gasteiger partial charge in [-0.3, -0.25) is 9.18 Å². The van der Waals surface area contributed by atoms with Gasteiger partial charge in [-0.15, -0.1) is 0 Å². The summed E-state index contributed by atoms with van der Waals surface area (Å²) in [5.41, 5.74) is 4.47. The van der Waals surface area contributed by atoms with Crippen LogP contribution in [0.3, 0.4) is 0 Å². The number of phenolic OH excluding ortho intramolecular Hbond substituents is 1. The Labute approximate surface area is 351 Å². The van der Waals surface area contributed by atoms with Crippen LogP contribution in [-0.4, -0.2) is 18.7 Å². The fourth-order valence-electron chi connectivity index (χ4n) is 3.96. The summed E-state index contributed by atoms with van der Waals surface area (Å²) in [6, 6.07) is 13.2. The minimum absolute atomic E-state index is 0. The molecule has 0 atom stereocenters. The van der Waals surface area contributed by atoms with Crippen LogP contribution in [0.15, 0.2) is 61.9 Å². The Bertz CT molecular complexity index is 1730. The van der Waals surface area contributed by atoms with E-state index >= 15 is 0 Å². The Kier molecular flexibility index (Phi) is 19.2. The van der Waals surface area contributed by atoms with E-state index in [1.807, 2.05) is 19.9 Å². The summed E-state index contributed by atoms with van der Waals surface area (Å²) in [5.74, 6) is -1.53. The number of furan rings is 1. The van der Waals surface area contributed by atoms with Crippen LogP contribution >= 0.6 is 31.9 Å².